The minimum Gasteiger partial charge on any atom is -0.377 e. The molecule has 1 saturated heterocycles. The molecule has 0 radical (unpaired) electrons. The molecule has 0 bridgehead atoms. The molecular weight excluding hydrogens is 310 g/mol. The Kier molecular flexibility index (Phi) is 5.92. The van der Waals surface area contributed by atoms with Crippen LogP contribution < -0.4 is 5.73 Å². The van der Waals surface area contributed by atoms with Gasteiger partial charge in [-0.05, 0) is 30.5 Å². The van der Waals surface area contributed by atoms with Gasteiger partial charge in [0.25, 0.3) is 0 Å². The lowest BCUT2D eigenvalue weighted by Gasteiger charge is -2.09. The molecule has 0 amide bonds. The molecule has 0 spiro atoms. The van der Waals surface area contributed by atoms with Gasteiger partial charge in [-0.15, -0.1) is 0 Å². The molecule has 1 aliphatic heterocycles. The monoisotopic (exact) mass is 331 g/mol. The number of hydrogen-bond acceptors (Lipinski definition) is 5. The molecule has 21 heavy (non-hydrogen) atoms. The predicted molar refractivity (Wildman–Crippen MR) is 83.2 cm³/mol. The minimum absolute atomic E-state index is 0.0253. The van der Waals surface area contributed by atoms with Crippen molar-refractivity contribution in [2.75, 3.05) is 23.9 Å². The lowest BCUT2D eigenvalue weighted by Crippen LogP contribution is -2.21. The highest BCUT2D eigenvalue weighted by atomic mass is 32.2. The fraction of sp³-hybridized carbons (Fsp3) is 0.571. The van der Waals surface area contributed by atoms with Crippen molar-refractivity contribution in [2.45, 2.75) is 30.4 Å². The first-order chi connectivity index (χ1) is 10.0. The summed E-state index contributed by atoms with van der Waals surface area (Å²) in [6, 6.07) is 6.52. The topological polar surface area (TPSA) is 86.5 Å². The van der Waals surface area contributed by atoms with Crippen LogP contribution in [-0.4, -0.2) is 42.6 Å². The van der Waals surface area contributed by atoms with Crippen molar-refractivity contribution in [3.63, 3.8) is 0 Å². The molecule has 2 unspecified atom stereocenters. The molecule has 0 aromatic heterocycles. The SMILES string of the molecule is NCc1ccc(S(=O)(=O)CCS(=O)CC2CCCO2)cc1. The van der Waals surface area contributed by atoms with E-state index in [9.17, 15) is 12.6 Å². The second kappa shape index (κ2) is 7.49. The molecule has 2 N–H and O–H groups in total. The van der Waals surface area contributed by atoms with Crippen LogP contribution in [0, 0.1) is 0 Å². The van der Waals surface area contributed by atoms with Crippen molar-refractivity contribution in [3.05, 3.63) is 29.8 Å². The van der Waals surface area contributed by atoms with E-state index in [2.05, 4.69) is 0 Å². The number of hydrogen-bond donors (Lipinski definition) is 1. The van der Waals surface area contributed by atoms with E-state index in [4.69, 9.17) is 10.5 Å². The molecular formula is C14H21NO4S2. The second-order valence-corrected chi connectivity index (χ2v) is 8.84. The zero-order valence-corrected chi connectivity index (χ0v) is 13.5. The van der Waals surface area contributed by atoms with Gasteiger partial charge in [0.05, 0.1) is 16.8 Å². The van der Waals surface area contributed by atoms with Gasteiger partial charge in [-0.2, -0.15) is 0 Å². The summed E-state index contributed by atoms with van der Waals surface area (Å²) in [4.78, 5) is 0.258. The van der Waals surface area contributed by atoms with Gasteiger partial charge in [0.1, 0.15) is 0 Å². The maximum Gasteiger partial charge on any atom is 0.179 e. The number of nitrogens with two attached hydrogens (primary N) is 1. The highest BCUT2D eigenvalue weighted by molar-refractivity contribution is 7.93. The molecule has 1 fully saturated rings. The molecule has 1 aromatic rings. The van der Waals surface area contributed by atoms with Crippen molar-refractivity contribution in [1.29, 1.82) is 0 Å². The summed E-state index contributed by atoms with van der Waals surface area (Å²) < 4.78 is 41.7. The summed E-state index contributed by atoms with van der Waals surface area (Å²) >= 11 is 0. The lowest BCUT2D eigenvalue weighted by atomic mass is 10.2. The van der Waals surface area contributed by atoms with Crippen LogP contribution in [0.2, 0.25) is 0 Å². The minimum atomic E-state index is -3.39. The molecule has 1 aromatic carbocycles. The summed E-state index contributed by atoms with van der Waals surface area (Å²) in [5.74, 6) is 0.483. The first-order valence-electron chi connectivity index (χ1n) is 6.99. The van der Waals surface area contributed by atoms with Crippen LogP contribution >= 0.6 is 0 Å². The van der Waals surface area contributed by atoms with Crippen molar-refractivity contribution in [1.82, 2.24) is 0 Å². The van der Waals surface area contributed by atoms with Gasteiger partial charge < -0.3 is 10.5 Å². The van der Waals surface area contributed by atoms with Crippen LogP contribution in [0.3, 0.4) is 0 Å². The number of sulfone groups is 1. The largest absolute Gasteiger partial charge is 0.377 e. The zero-order valence-electron chi connectivity index (χ0n) is 11.9. The molecule has 1 heterocycles. The molecule has 5 nitrogen and oxygen atoms in total. The van der Waals surface area contributed by atoms with Gasteiger partial charge >= 0.3 is 0 Å². The molecule has 0 aliphatic carbocycles. The maximum atomic E-state index is 12.2. The van der Waals surface area contributed by atoms with Gasteiger partial charge in [0, 0.05) is 35.5 Å². The summed E-state index contributed by atoms with van der Waals surface area (Å²) in [7, 11) is -4.55. The number of benzene rings is 1. The first-order valence-corrected chi connectivity index (χ1v) is 10.1. The molecule has 118 valence electrons. The van der Waals surface area contributed by atoms with E-state index in [0.717, 1.165) is 18.4 Å². The van der Waals surface area contributed by atoms with E-state index in [1.165, 1.54) is 0 Å². The average molecular weight is 331 g/mol. The average Bonchev–Trinajstić information content (AvgIpc) is 2.98. The Hall–Kier alpha value is -0.760. The molecule has 7 heteroatoms. The fourth-order valence-electron chi connectivity index (χ4n) is 2.22. The van der Waals surface area contributed by atoms with E-state index in [1.54, 1.807) is 24.3 Å². The third-order valence-corrected chi connectivity index (χ3v) is 6.89. The summed E-state index contributed by atoms with van der Waals surface area (Å²) in [5.41, 5.74) is 6.37. The van der Waals surface area contributed by atoms with Crippen molar-refractivity contribution >= 4 is 20.6 Å². The van der Waals surface area contributed by atoms with Crippen LogP contribution in [0.5, 0.6) is 0 Å². The Balaban J connectivity index is 1.89. The van der Waals surface area contributed by atoms with Crippen molar-refractivity contribution < 1.29 is 17.4 Å². The van der Waals surface area contributed by atoms with E-state index >= 15 is 0 Å². The van der Waals surface area contributed by atoms with Crippen molar-refractivity contribution in [3.8, 4) is 0 Å². The van der Waals surface area contributed by atoms with Gasteiger partial charge in [-0.1, -0.05) is 12.1 Å². The summed E-state index contributed by atoms with van der Waals surface area (Å²) in [6.07, 6.45) is 1.93. The number of ether oxygens (including phenoxy) is 1. The fourth-order valence-corrected chi connectivity index (χ4v) is 5.47. The normalized spacial score (nSPS) is 20.5. The van der Waals surface area contributed by atoms with Gasteiger partial charge in [-0.3, -0.25) is 4.21 Å². The van der Waals surface area contributed by atoms with E-state index in [1.807, 2.05) is 0 Å². The maximum absolute atomic E-state index is 12.2. The predicted octanol–water partition coefficient (Wildman–Crippen LogP) is 0.847. The Bertz CT molecular complexity index is 577. The Morgan fingerprint density at radius 3 is 2.57 bits per heavy atom. The van der Waals surface area contributed by atoms with Crippen LogP contribution in [0.25, 0.3) is 0 Å². The van der Waals surface area contributed by atoms with Crippen LogP contribution in [0.4, 0.5) is 0 Å². The molecule has 2 atom stereocenters. The molecule has 1 aliphatic rings. The Morgan fingerprint density at radius 1 is 1.29 bits per heavy atom. The quantitative estimate of drug-likeness (QED) is 0.800. The second-order valence-electron chi connectivity index (χ2n) is 5.11. The van der Waals surface area contributed by atoms with Gasteiger partial charge in [0.2, 0.25) is 0 Å². The van der Waals surface area contributed by atoms with Gasteiger partial charge in [-0.25, -0.2) is 8.42 Å². The molecule has 2 rings (SSSR count). The lowest BCUT2D eigenvalue weighted by molar-refractivity contribution is 0.128. The molecule has 0 saturated carbocycles. The van der Waals surface area contributed by atoms with E-state index in [-0.39, 0.29) is 22.5 Å². The Morgan fingerprint density at radius 2 is 2.00 bits per heavy atom. The van der Waals surface area contributed by atoms with Crippen molar-refractivity contribution in [2.24, 2.45) is 5.73 Å². The van der Waals surface area contributed by atoms with Crippen LogP contribution in [0.1, 0.15) is 18.4 Å². The Labute approximate surface area is 128 Å². The van der Waals surface area contributed by atoms with E-state index in [0.29, 0.717) is 18.9 Å². The van der Waals surface area contributed by atoms with Gasteiger partial charge in [0.15, 0.2) is 9.84 Å². The first kappa shape index (κ1) is 16.6. The zero-order chi connectivity index (χ0) is 15.3. The highest BCUT2D eigenvalue weighted by Gasteiger charge is 2.20. The third-order valence-electron chi connectivity index (χ3n) is 3.49. The highest BCUT2D eigenvalue weighted by Crippen LogP contribution is 2.15. The standard InChI is InChI=1S/C14H21NO4S2/c15-10-12-3-5-14(6-4-12)21(17,18)9-8-20(16)11-13-2-1-7-19-13/h3-6,13H,1-2,7-11,15H2. The number of rotatable bonds is 7. The third kappa shape index (κ3) is 4.88. The van der Waals surface area contributed by atoms with Crippen LogP contribution in [0.15, 0.2) is 29.2 Å². The van der Waals surface area contributed by atoms with Crippen LogP contribution in [-0.2, 0) is 31.9 Å². The smallest absolute Gasteiger partial charge is 0.179 e. The summed E-state index contributed by atoms with van der Waals surface area (Å²) in [5, 5.41) is 0. The van der Waals surface area contributed by atoms with E-state index < -0.39 is 20.6 Å². The summed E-state index contributed by atoms with van der Waals surface area (Å²) in [6.45, 7) is 1.10.